The van der Waals surface area contributed by atoms with E-state index in [-0.39, 0.29) is 5.91 Å². The average molecular weight is 345 g/mol. The number of nitrogens with one attached hydrogen (secondary N) is 1. The van der Waals surface area contributed by atoms with Crippen LogP contribution in [0.5, 0.6) is 5.75 Å². The van der Waals surface area contributed by atoms with Crippen LogP contribution < -0.4 is 10.1 Å². The summed E-state index contributed by atoms with van der Waals surface area (Å²) in [6.07, 6.45) is 1.26. The van der Waals surface area contributed by atoms with Gasteiger partial charge in [0, 0.05) is 0 Å². The van der Waals surface area contributed by atoms with Crippen LogP contribution in [0, 0.1) is 0 Å². The number of rotatable bonds is 7. The minimum absolute atomic E-state index is 0.0509. The van der Waals surface area contributed by atoms with Crippen LogP contribution in [-0.2, 0) is 11.2 Å². The summed E-state index contributed by atoms with van der Waals surface area (Å²) in [6, 6.07) is 25.8. The molecule has 0 aliphatic rings. The van der Waals surface area contributed by atoms with Crippen molar-refractivity contribution in [1.82, 2.24) is 0 Å². The highest BCUT2D eigenvalue weighted by Gasteiger charge is 2.08. The van der Waals surface area contributed by atoms with Gasteiger partial charge < -0.3 is 10.1 Å². The van der Waals surface area contributed by atoms with Crippen LogP contribution in [0.4, 0.5) is 5.69 Å². The van der Waals surface area contributed by atoms with Crippen LogP contribution in [0.25, 0.3) is 11.1 Å². The molecule has 0 aliphatic heterocycles. The number of para-hydroxylation sites is 2. The van der Waals surface area contributed by atoms with Gasteiger partial charge in [-0.1, -0.05) is 73.7 Å². The third-order valence-corrected chi connectivity index (χ3v) is 4.05. The highest BCUT2D eigenvalue weighted by atomic mass is 16.5. The Morgan fingerprint density at radius 3 is 2.23 bits per heavy atom. The largest absolute Gasteiger partial charge is 0.491 e. The van der Waals surface area contributed by atoms with Crippen molar-refractivity contribution < 1.29 is 9.53 Å². The van der Waals surface area contributed by atoms with Crippen molar-refractivity contribution in [3.63, 3.8) is 0 Å². The normalized spacial score (nSPS) is 10.3. The molecule has 0 fully saturated rings. The Labute approximate surface area is 154 Å². The molecule has 26 heavy (non-hydrogen) atoms. The van der Waals surface area contributed by atoms with Crippen LogP contribution in [0.3, 0.4) is 0 Å². The number of amides is 1. The fourth-order valence-corrected chi connectivity index (χ4v) is 2.73. The minimum atomic E-state index is -0.0509. The van der Waals surface area contributed by atoms with Crippen molar-refractivity contribution in [2.24, 2.45) is 0 Å². The number of ether oxygens (including phenoxy) is 1. The van der Waals surface area contributed by atoms with Gasteiger partial charge in [-0.15, -0.1) is 0 Å². The summed E-state index contributed by atoms with van der Waals surface area (Å²) in [5.74, 6) is 0.659. The second-order valence-corrected chi connectivity index (χ2v) is 6.13. The molecule has 0 unspecified atom stereocenters. The summed E-state index contributed by atoms with van der Waals surface area (Å²) in [4.78, 5) is 12.4. The molecule has 3 nitrogen and oxygen atoms in total. The molecule has 0 saturated carbocycles. The quantitative estimate of drug-likeness (QED) is 0.629. The summed E-state index contributed by atoms with van der Waals surface area (Å²) in [6.45, 7) is 2.69. The third-order valence-electron chi connectivity index (χ3n) is 4.05. The summed E-state index contributed by atoms with van der Waals surface area (Å²) < 4.78 is 5.69. The molecule has 0 radical (unpaired) electrons. The molecule has 132 valence electrons. The monoisotopic (exact) mass is 345 g/mol. The van der Waals surface area contributed by atoms with Crippen molar-refractivity contribution in [3.05, 3.63) is 84.4 Å². The standard InChI is InChI=1S/C23H23NO2/c1-2-16-26-22-11-7-6-10-21(22)24-23(25)17-18-12-14-20(15-13-18)19-8-4-3-5-9-19/h3-15H,2,16-17H2,1H3,(H,24,25). The second-order valence-electron chi connectivity index (χ2n) is 6.13. The van der Waals surface area contributed by atoms with Crippen LogP contribution in [-0.4, -0.2) is 12.5 Å². The highest BCUT2D eigenvalue weighted by Crippen LogP contribution is 2.24. The highest BCUT2D eigenvalue weighted by molar-refractivity contribution is 5.93. The van der Waals surface area contributed by atoms with E-state index in [0.29, 0.717) is 24.5 Å². The van der Waals surface area contributed by atoms with Gasteiger partial charge in [-0.25, -0.2) is 0 Å². The SMILES string of the molecule is CCCOc1ccccc1NC(=O)Cc1ccc(-c2ccccc2)cc1. The zero-order valence-electron chi connectivity index (χ0n) is 14.9. The third kappa shape index (κ3) is 4.73. The van der Waals surface area contributed by atoms with E-state index in [1.54, 1.807) is 0 Å². The first kappa shape index (κ1) is 17.7. The number of benzene rings is 3. The van der Waals surface area contributed by atoms with E-state index in [9.17, 15) is 4.79 Å². The maximum absolute atomic E-state index is 12.4. The lowest BCUT2D eigenvalue weighted by Crippen LogP contribution is -2.15. The first-order valence-corrected chi connectivity index (χ1v) is 8.92. The van der Waals surface area contributed by atoms with Gasteiger partial charge in [0.1, 0.15) is 5.75 Å². The summed E-state index contributed by atoms with van der Waals surface area (Å²) >= 11 is 0. The predicted octanol–water partition coefficient (Wildman–Crippen LogP) is 5.32. The Balaban J connectivity index is 1.64. The van der Waals surface area contributed by atoms with E-state index < -0.39 is 0 Å². The lowest BCUT2D eigenvalue weighted by Gasteiger charge is -2.12. The van der Waals surface area contributed by atoms with E-state index in [1.807, 2.05) is 54.6 Å². The number of anilines is 1. The van der Waals surface area contributed by atoms with Crippen molar-refractivity contribution in [2.45, 2.75) is 19.8 Å². The van der Waals surface area contributed by atoms with Crippen molar-refractivity contribution in [3.8, 4) is 16.9 Å². The first-order chi connectivity index (χ1) is 12.8. The summed E-state index contributed by atoms with van der Waals surface area (Å²) in [5, 5.41) is 2.95. The molecule has 3 aromatic carbocycles. The van der Waals surface area contributed by atoms with Gasteiger partial charge in [0.15, 0.2) is 0 Å². The molecule has 3 heteroatoms. The zero-order chi connectivity index (χ0) is 18.2. The van der Waals surface area contributed by atoms with Gasteiger partial charge in [0.25, 0.3) is 0 Å². The molecule has 0 aliphatic carbocycles. The van der Waals surface area contributed by atoms with Gasteiger partial charge >= 0.3 is 0 Å². The van der Waals surface area contributed by atoms with E-state index in [4.69, 9.17) is 4.74 Å². The number of carbonyl (C=O) groups excluding carboxylic acids is 1. The number of hydrogen-bond acceptors (Lipinski definition) is 2. The Kier molecular flexibility index (Phi) is 6.05. The molecule has 3 aromatic rings. The molecular formula is C23H23NO2. The van der Waals surface area contributed by atoms with Gasteiger partial charge in [0.2, 0.25) is 5.91 Å². The van der Waals surface area contributed by atoms with Crippen molar-refractivity contribution in [2.75, 3.05) is 11.9 Å². The van der Waals surface area contributed by atoms with Crippen molar-refractivity contribution >= 4 is 11.6 Å². The molecule has 0 saturated heterocycles. The smallest absolute Gasteiger partial charge is 0.228 e. The van der Waals surface area contributed by atoms with E-state index in [0.717, 1.165) is 17.5 Å². The lowest BCUT2D eigenvalue weighted by atomic mass is 10.0. The Bertz CT molecular complexity index is 842. The maximum Gasteiger partial charge on any atom is 0.228 e. The topological polar surface area (TPSA) is 38.3 Å². The minimum Gasteiger partial charge on any atom is -0.491 e. The Morgan fingerprint density at radius 2 is 1.50 bits per heavy atom. The molecule has 3 rings (SSSR count). The summed E-state index contributed by atoms with van der Waals surface area (Å²) in [7, 11) is 0. The molecule has 0 spiro atoms. The van der Waals surface area contributed by atoms with Crippen LogP contribution in [0.1, 0.15) is 18.9 Å². The van der Waals surface area contributed by atoms with Crippen molar-refractivity contribution in [1.29, 1.82) is 0 Å². The van der Waals surface area contributed by atoms with E-state index in [2.05, 4.69) is 36.5 Å². The van der Waals surface area contributed by atoms with Crippen LogP contribution >= 0.6 is 0 Å². The molecule has 1 N–H and O–H groups in total. The van der Waals surface area contributed by atoms with Gasteiger partial charge in [-0.3, -0.25) is 4.79 Å². The van der Waals surface area contributed by atoms with E-state index in [1.165, 1.54) is 5.56 Å². The van der Waals surface area contributed by atoms with Crippen LogP contribution in [0.15, 0.2) is 78.9 Å². The van der Waals surface area contributed by atoms with Gasteiger partial charge in [-0.05, 0) is 35.2 Å². The number of carbonyl (C=O) groups is 1. The fraction of sp³-hybridized carbons (Fsp3) is 0.174. The Hall–Kier alpha value is -3.07. The zero-order valence-corrected chi connectivity index (χ0v) is 14.9. The molecular weight excluding hydrogens is 322 g/mol. The molecule has 0 bridgehead atoms. The first-order valence-electron chi connectivity index (χ1n) is 8.92. The molecule has 0 aromatic heterocycles. The maximum atomic E-state index is 12.4. The van der Waals surface area contributed by atoms with Gasteiger partial charge in [-0.2, -0.15) is 0 Å². The molecule has 1 amide bonds. The predicted molar refractivity (Wildman–Crippen MR) is 106 cm³/mol. The Morgan fingerprint density at radius 1 is 0.846 bits per heavy atom. The fourth-order valence-electron chi connectivity index (χ4n) is 2.73. The molecule has 0 atom stereocenters. The van der Waals surface area contributed by atoms with E-state index >= 15 is 0 Å². The number of hydrogen-bond donors (Lipinski definition) is 1. The second kappa shape index (κ2) is 8.86. The lowest BCUT2D eigenvalue weighted by molar-refractivity contribution is -0.115. The summed E-state index contributed by atoms with van der Waals surface area (Å²) in [5.41, 5.74) is 4.01. The average Bonchev–Trinajstić information content (AvgIpc) is 2.68. The molecule has 0 heterocycles. The van der Waals surface area contributed by atoms with Crippen LogP contribution in [0.2, 0.25) is 0 Å². The van der Waals surface area contributed by atoms with Gasteiger partial charge in [0.05, 0.1) is 18.7 Å².